The van der Waals surface area contributed by atoms with Crippen LogP contribution in [0, 0.1) is 0 Å². The number of fused-ring (bicyclic) bond motifs is 1. The second kappa shape index (κ2) is 6.72. The lowest BCUT2D eigenvalue weighted by Gasteiger charge is -2.16. The Hall–Kier alpha value is -2.99. The molecule has 0 fully saturated rings. The summed E-state index contributed by atoms with van der Waals surface area (Å²) < 4.78 is 1.83. The number of benzene rings is 2. The molecule has 3 aromatic rings. The Kier molecular flexibility index (Phi) is 4.26. The quantitative estimate of drug-likeness (QED) is 0.661. The van der Waals surface area contributed by atoms with Crippen LogP contribution in [0.5, 0.6) is 0 Å². The standard InChI is InChI=1S/C20H15N3O2S/c1-2-26-20-22-21-19(23(20)13-8-4-3-5-9-13)16-12-17(24)14-10-6-7-11-15(14)18(16)25/h3-12H,2H2,1H3. The van der Waals surface area contributed by atoms with Gasteiger partial charge in [0.25, 0.3) is 0 Å². The van der Waals surface area contributed by atoms with E-state index in [0.29, 0.717) is 22.1 Å². The number of hydrogen-bond acceptors (Lipinski definition) is 5. The Labute approximate surface area is 154 Å². The molecule has 1 aliphatic rings. The molecule has 0 amide bonds. The lowest BCUT2D eigenvalue weighted by molar-refractivity contribution is 0.100. The highest BCUT2D eigenvalue weighted by Crippen LogP contribution is 2.30. The molecule has 5 nitrogen and oxygen atoms in total. The predicted octanol–water partition coefficient (Wildman–Crippen LogP) is 3.84. The molecule has 0 spiro atoms. The molecule has 4 rings (SSSR count). The van der Waals surface area contributed by atoms with Crippen LogP contribution in [-0.2, 0) is 0 Å². The number of allylic oxidation sites excluding steroid dienone is 2. The van der Waals surface area contributed by atoms with Crippen LogP contribution in [0.2, 0.25) is 0 Å². The molecule has 0 atom stereocenters. The monoisotopic (exact) mass is 361 g/mol. The van der Waals surface area contributed by atoms with Gasteiger partial charge in [-0.3, -0.25) is 14.2 Å². The van der Waals surface area contributed by atoms with Crippen molar-refractivity contribution in [3.8, 4) is 5.69 Å². The number of aromatic nitrogens is 3. The summed E-state index contributed by atoms with van der Waals surface area (Å²) in [6.45, 7) is 2.03. The molecule has 6 heteroatoms. The third-order valence-corrected chi connectivity index (χ3v) is 4.93. The minimum Gasteiger partial charge on any atom is -0.289 e. The molecule has 0 N–H and O–H groups in total. The van der Waals surface area contributed by atoms with E-state index in [1.807, 2.05) is 41.8 Å². The average Bonchev–Trinajstić information content (AvgIpc) is 3.09. The lowest BCUT2D eigenvalue weighted by Crippen LogP contribution is -2.18. The Balaban J connectivity index is 1.90. The molecule has 128 valence electrons. The second-order valence-electron chi connectivity index (χ2n) is 5.71. The van der Waals surface area contributed by atoms with Crippen LogP contribution in [-0.4, -0.2) is 32.1 Å². The van der Waals surface area contributed by atoms with Crippen LogP contribution in [0.4, 0.5) is 0 Å². The van der Waals surface area contributed by atoms with Gasteiger partial charge in [0.2, 0.25) is 0 Å². The van der Waals surface area contributed by atoms with Crippen molar-refractivity contribution in [2.45, 2.75) is 12.1 Å². The van der Waals surface area contributed by atoms with Crippen LogP contribution in [0.25, 0.3) is 11.3 Å². The number of Topliss-reactive ketones (excluding diaryl/α,β-unsaturated/α-hetero) is 1. The maximum atomic E-state index is 13.0. The van der Waals surface area contributed by atoms with Crippen molar-refractivity contribution in [3.05, 3.63) is 77.6 Å². The Morgan fingerprint density at radius 2 is 1.62 bits per heavy atom. The predicted molar refractivity (Wildman–Crippen MR) is 101 cm³/mol. The lowest BCUT2D eigenvalue weighted by atomic mass is 9.89. The van der Waals surface area contributed by atoms with Crippen LogP contribution < -0.4 is 0 Å². The van der Waals surface area contributed by atoms with E-state index in [2.05, 4.69) is 10.2 Å². The summed E-state index contributed by atoms with van der Waals surface area (Å²) in [5, 5.41) is 9.18. The van der Waals surface area contributed by atoms with Gasteiger partial charge >= 0.3 is 0 Å². The van der Waals surface area contributed by atoms with E-state index >= 15 is 0 Å². The van der Waals surface area contributed by atoms with Gasteiger partial charge in [-0.25, -0.2) is 0 Å². The van der Waals surface area contributed by atoms with Crippen molar-refractivity contribution in [3.63, 3.8) is 0 Å². The molecule has 0 saturated heterocycles. The number of carbonyl (C=O) groups is 2. The maximum Gasteiger partial charge on any atom is 0.197 e. The molecule has 2 aromatic carbocycles. The maximum absolute atomic E-state index is 13.0. The van der Waals surface area contributed by atoms with Crippen molar-refractivity contribution in [1.29, 1.82) is 0 Å². The first-order valence-corrected chi connectivity index (χ1v) is 9.23. The SMILES string of the molecule is CCSc1nnc(C2=CC(=O)c3ccccc3C2=O)n1-c1ccccc1. The topological polar surface area (TPSA) is 64.8 Å². The van der Waals surface area contributed by atoms with Crippen molar-refractivity contribution in [2.75, 3.05) is 5.75 Å². The third kappa shape index (κ3) is 2.68. The van der Waals surface area contributed by atoms with Crippen molar-refractivity contribution >= 4 is 28.9 Å². The minimum atomic E-state index is -0.210. The largest absolute Gasteiger partial charge is 0.289 e. The normalized spacial score (nSPS) is 13.5. The van der Waals surface area contributed by atoms with Crippen molar-refractivity contribution in [2.24, 2.45) is 0 Å². The van der Waals surface area contributed by atoms with Gasteiger partial charge in [0.1, 0.15) is 0 Å². The first-order valence-electron chi connectivity index (χ1n) is 8.24. The summed E-state index contributed by atoms with van der Waals surface area (Å²) in [4.78, 5) is 25.5. The van der Waals surface area contributed by atoms with E-state index < -0.39 is 0 Å². The third-order valence-electron chi connectivity index (χ3n) is 4.12. The molecule has 0 aliphatic heterocycles. The van der Waals surface area contributed by atoms with E-state index in [0.717, 1.165) is 11.4 Å². The van der Waals surface area contributed by atoms with Crippen LogP contribution in [0.3, 0.4) is 0 Å². The first-order chi connectivity index (χ1) is 12.7. The highest BCUT2D eigenvalue weighted by Gasteiger charge is 2.30. The highest BCUT2D eigenvalue weighted by atomic mass is 32.2. The van der Waals surface area contributed by atoms with Gasteiger partial charge in [-0.1, -0.05) is 61.2 Å². The van der Waals surface area contributed by atoms with Gasteiger partial charge in [0.05, 0.1) is 5.57 Å². The van der Waals surface area contributed by atoms with Gasteiger partial charge < -0.3 is 0 Å². The Morgan fingerprint density at radius 3 is 2.35 bits per heavy atom. The van der Waals surface area contributed by atoms with E-state index in [1.165, 1.54) is 17.8 Å². The molecule has 0 saturated carbocycles. The molecule has 1 aromatic heterocycles. The van der Waals surface area contributed by atoms with Crippen LogP contribution in [0.1, 0.15) is 33.5 Å². The summed E-state index contributed by atoms with van der Waals surface area (Å²) in [6.07, 6.45) is 1.37. The molecule has 1 aliphatic carbocycles. The molecule has 1 heterocycles. The fraction of sp³-hybridized carbons (Fsp3) is 0.100. The summed E-state index contributed by atoms with van der Waals surface area (Å²) in [5.41, 5.74) is 1.95. The van der Waals surface area contributed by atoms with Gasteiger partial charge in [0.15, 0.2) is 22.5 Å². The number of carbonyl (C=O) groups excluding carboxylic acids is 2. The number of hydrogen-bond donors (Lipinski definition) is 0. The van der Waals surface area contributed by atoms with Gasteiger partial charge in [-0.2, -0.15) is 0 Å². The molecule has 0 unspecified atom stereocenters. The molecule has 0 bridgehead atoms. The van der Waals surface area contributed by atoms with Gasteiger partial charge in [-0.05, 0) is 17.9 Å². The summed E-state index contributed by atoms with van der Waals surface area (Å²) in [7, 11) is 0. The van der Waals surface area contributed by atoms with Crippen LogP contribution >= 0.6 is 11.8 Å². The fourth-order valence-electron chi connectivity index (χ4n) is 2.96. The van der Waals surface area contributed by atoms with Gasteiger partial charge in [-0.15, -0.1) is 10.2 Å². The zero-order valence-electron chi connectivity index (χ0n) is 14.0. The fourth-order valence-corrected chi connectivity index (χ4v) is 3.64. The number of thioether (sulfide) groups is 1. The molecule has 26 heavy (non-hydrogen) atoms. The zero-order valence-corrected chi connectivity index (χ0v) is 14.9. The highest BCUT2D eigenvalue weighted by molar-refractivity contribution is 7.99. The van der Waals surface area contributed by atoms with Crippen LogP contribution in [0.15, 0.2) is 65.8 Å². The molecular weight excluding hydrogens is 346 g/mol. The Morgan fingerprint density at radius 1 is 0.923 bits per heavy atom. The minimum absolute atomic E-state index is 0.192. The van der Waals surface area contributed by atoms with E-state index in [-0.39, 0.29) is 17.1 Å². The number of rotatable bonds is 4. The summed E-state index contributed by atoms with van der Waals surface area (Å²) in [6, 6.07) is 16.5. The van der Waals surface area contributed by atoms with E-state index in [4.69, 9.17) is 0 Å². The number of ketones is 2. The average molecular weight is 361 g/mol. The zero-order chi connectivity index (χ0) is 18.1. The second-order valence-corrected chi connectivity index (χ2v) is 6.94. The molecule has 0 radical (unpaired) electrons. The summed E-state index contributed by atoms with van der Waals surface area (Å²) >= 11 is 1.54. The van der Waals surface area contributed by atoms with E-state index in [9.17, 15) is 9.59 Å². The van der Waals surface area contributed by atoms with Gasteiger partial charge in [0, 0.05) is 22.9 Å². The van der Waals surface area contributed by atoms with Crippen molar-refractivity contribution < 1.29 is 9.59 Å². The smallest absolute Gasteiger partial charge is 0.197 e. The van der Waals surface area contributed by atoms with Crippen molar-refractivity contribution in [1.82, 2.24) is 14.8 Å². The number of para-hydroxylation sites is 1. The molecular formula is C20H15N3O2S. The summed E-state index contributed by atoms with van der Waals surface area (Å²) in [5.74, 6) is 0.806. The first kappa shape index (κ1) is 16.5. The number of nitrogens with zero attached hydrogens (tertiary/aromatic N) is 3. The van der Waals surface area contributed by atoms with E-state index in [1.54, 1.807) is 24.3 Å². The Bertz CT molecular complexity index is 1040.